The Balaban J connectivity index is 1.59. The van der Waals surface area contributed by atoms with Crippen LogP contribution in [0.15, 0.2) is 30.3 Å². The molecule has 1 fully saturated rings. The maximum absolute atomic E-state index is 12.0. The summed E-state index contributed by atoms with van der Waals surface area (Å²) in [5, 5.41) is 6.36. The number of carbonyl (C=O) groups is 1. The normalized spacial score (nSPS) is 14.0. The number of amides is 2. The third kappa shape index (κ3) is 3.28. The number of carbonyl (C=O) groups excluding carboxylic acids is 1. The Morgan fingerprint density at radius 3 is 2.59 bits per heavy atom. The van der Waals surface area contributed by atoms with Gasteiger partial charge in [-0.05, 0) is 62.6 Å². The van der Waals surface area contributed by atoms with E-state index in [0.717, 1.165) is 5.69 Å². The van der Waals surface area contributed by atoms with Crippen LogP contribution < -0.4 is 10.6 Å². The van der Waals surface area contributed by atoms with Gasteiger partial charge in [-0.2, -0.15) is 0 Å². The van der Waals surface area contributed by atoms with Crippen LogP contribution >= 0.6 is 11.6 Å². The fourth-order valence-electron chi connectivity index (χ4n) is 2.80. The maximum atomic E-state index is 12.0. The lowest BCUT2D eigenvalue weighted by Gasteiger charge is -2.09. The summed E-state index contributed by atoms with van der Waals surface area (Å²) in [6, 6.07) is 9.67. The summed E-state index contributed by atoms with van der Waals surface area (Å²) in [5.41, 5.74) is 4.43. The van der Waals surface area contributed by atoms with Gasteiger partial charge in [-0.25, -0.2) is 4.79 Å². The zero-order valence-corrected chi connectivity index (χ0v) is 13.6. The molecule has 116 valence electrons. The van der Waals surface area contributed by atoms with Gasteiger partial charge >= 0.3 is 6.03 Å². The van der Waals surface area contributed by atoms with Crippen LogP contribution in [0.3, 0.4) is 0 Å². The topological polar surface area (TPSA) is 46.1 Å². The highest BCUT2D eigenvalue weighted by Gasteiger charge is 2.26. The molecule has 1 heterocycles. The van der Waals surface area contributed by atoms with E-state index >= 15 is 0 Å². The summed E-state index contributed by atoms with van der Waals surface area (Å²) in [5.74, 6) is 0. The average Bonchev–Trinajstić information content (AvgIpc) is 3.26. The molecule has 2 aromatic rings. The second kappa shape index (κ2) is 6.05. The number of aromatic nitrogens is 1. The molecule has 0 atom stereocenters. The van der Waals surface area contributed by atoms with E-state index in [1.54, 1.807) is 24.3 Å². The number of rotatable bonds is 4. The minimum atomic E-state index is -0.210. The van der Waals surface area contributed by atoms with Gasteiger partial charge in [0.1, 0.15) is 0 Å². The van der Waals surface area contributed by atoms with Crippen LogP contribution in [0, 0.1) is 13.8 Å². The van der Waals surface area contributed by atoms with E-state index in [0.29, 0.717) is 17.6 Å². The molecule has 22 heavy (non-hydrogen) atoms. The summed E-state index contributed by atoms with van der Waals surface area (Å²) in [6.45, 7) is 4.79. The largest absolute Gasteiger partial charge is 0.346 e. The molecular formula is C17H20ClN3O. The fraction of sp³-hybridized carbons (Fsp3) is 0.353. The first-order valence-corrected chi connectivity index (χ1v) is 7.90. The van der Waals surface area contributed by atoms with E-state index in [9.17, 15) is 4.79 Å². The molecule has 4 nitrogen and oxygen atoms in total. The lowest BCUT2D eigenvalue weighted by atomic mass is 10.2. The Hall–Kier alpha value is -1.94. The van der Waals surface area contributed by atoms with Gasteiger partial charge in [0.15, 0.2) is 0 Å². The van der Waals surface area contributed by atoms with Gasteiger partial charge in [0.25, 0.3) is 0 Å². The minimum absolute atomic E-state index is 0.210. The van der Waals surface area contributed by atoms with Crippen molar-refractivity contribution in [3.63, 3.8) is 0 Å². The first-order chi connectivity index (χ1) is 10.5. The van der Waals surface area contributed by atoms with Crippen LogP contribution in [0.4, 0.5) is 10.5 Å². The minimum Gasteiger partial charge on any atom is -0.346 e. The van der Waals surface area contributed by atoms with Crippen molar-refractivity contribution in [3.05, 3.63) is 52.3 Å². The predicted octanol–water partition coefficient (Wildman–Crippen LogP) is 4.41. The highest BCUT2D eigenvalue weighted by molar-refractivity contribution is 6.30. The van der Waals surface area contributed by atoms with Crippen molar-refractivity contribution in [2.24, 2.45) is 0 Å². The van der Waals surface area contributed by atoms with Crippen LogP contribution in [-0.2, 0) is 6.54 Å². The standard InChI is InChI=1S/C17H20ClN3O/c1-11-9-13(12(2)21(11)16-7-8-16)10-19-17(22)20-15-5-3-14(18)4-6-15/h3-6,9,16H,7-8,10H2,1-2H3,(H2,19,20,22). The zero-order valence-electron chi connectivity index (χ0n) is 12.8. The number of benzene rings is 1. The molecule has 1 aromatic carbocycles. The van der Waals surface area contributed by atoms with E-state index in [2.05, 4.69) is 35.1 Å². The van der Waals surface area contributed by atoms with Gasteiger partial charge in [0.2, 0.25) is 0 Å². The molecule has 0 radical (unpaired) electrons. The van der Waals surface area contributed by atoms with Crippen LogP contribution in [0.2, 0.25) is 5.02 Å². The number of aryl methyl sites for hydroxylation is 1. The number of nitrogens with zero attached hydrogens (tertiary/aromatic N) is 1. The zero-order chi connectivity index (χ0) is 15.7. The summed E-state index contributed by atoms with van der Waals surface area (Å²) >= 11 is 5.82. The quantitative estimate of drug-likeness (QED) is 0.861. The van der Waals surface area contributed by atoms with Gasteiger partial charge in [-0.3, -0.25) is 0 Å². The van der Waals surface area contributed by atoms with Crippen molar-refractivity contribution in [2.45, 2.75) is 39.3 Å². The van der Waals surface area contributed by atoms with Crippen LogP contribution in [-0.4, -0.2) is 10.6 Å². The van der Waals surface area contributed by atoms with Gasteiger partial charge in [-0.1, -0.05) is 11.6 Å². The Labute approximate surface area is 135 Å². The fourth-order valence-corrected chi connectivity index (χ4v) is 2.93. The first kappa shape index (κ1) is 15.0. The maximum Gasteiger partial charge on any atom is 0.319 e. The summed E-state index contributed by atoms with van der Waals surface area (Å²) in [6.07, 6.45) is 2.53. The molecule has 0 aliphatic heterocycles. The molecule has 0 saturated heterocycles. The second-order valence-corrected chi connectivity index (χ2v) is 6.25. The van der Waals surface area contributed by atoms with E-state index < -0.39 is 0 Å². The Morgan fingerprint density at radius 1 is 1.27 bits per heavy atom. The number of hydrogen-bond donors (Lipinski definition) is 2. The van der Waals surface area contributed by atoms with Crippen molar-refractivity contribution in [1.82, 2.24) is 9.88 Å². The smallest absolute Gasteiger partial charge is 0.319 e. The number of anilines is 1. The molecule has 1 aromatic heterocycles. The molecule has 3 rings (SSSR count). The van der Waals surface area contributed by atoms with Crippen molar-refractivity contribution in [1.29, 1.82) is 0 Å². The molecule has 0 unspecified atom stereocenters. The lowest BCUT2D eigenvalue weighted by molar-refractivity contribution is 0.251. The van der Waals surface area contributed by atoms with Crippen molar-refractivity contribution in [3.8, 4) is 0 Å². The van der Waals surface area contributed by atoms with Gasteiger partial charge in [-0.15, -0.1) is 0 Å². The molecule has 2 N–H and O–H groups in total. The van der Waals surface area contributed by atoms with Crippen LogP contribution in [0.5, 0.6) is 0 Å². The molecule has 5 heteroatoms. The van der Waals surface area contributed by atoms with E-state index in [1.165, 1.54) is 29.8 Å². The van der Waals surface area contributed by atoms with Gasteiger partial charge in [0.05, 0.1) is 0 Å². The Morgan fingerprint density at radius 2 is 1.95 bits per heavy atom. The van der Waals surface area contributed by atoms with E-state index in [1.807, 2.05) is 0 Å². The number of urea groups is 1. The average molecular weight is 318 g/mol. The van der Waals surface area contributed by atoms with E-state index in [-0.39, 0.29) is 6.03 Å². The molecule has 0 bridgehead atoms. The van der Waals surface area contributed by atoms with Crippen LogP contribution in [0.1, 0.15) is 35.8 Å². The third-order valence-corrected chi connectivity index (χ3v) is 4.29. The Bertz CT molecular complexity index is 687. The number of halogens is 1. The summed E-state index contributed by atoms with van der Waals surface area (Å²) < 4.78 is 2.38. The highest BCUT2D eigenvalue weighted by Crippen LogP contribution is 2.38. The molecule has 1 aliphatic rings. The summed E-state index contributed by atoms with van der Waals surface area (Å²) in [4.78, 5) is 12.0. The second-order valence-electron chi connectivity index (χ2n) is 5.81. The molecular weight excluding hydrogens is 298 g/mol. The molecule has 1 aliphatic carbocycles. The summed E-state index contributed by atoms with van der Waals surface area (Å²) in [7, 11) is 0. The van der Waals surface area contributed by atoms with E-state index in [4.69, 9.17) is 11.6 Å². The van der Waals surface area contributed by atoms with Gasteiger partial charge in [0, 0.05) is 34.7 Å². The van der Waals surface area contributed by atoms with Crippen molar-refractivity contribution < 1.29 is 4.79 Å². The monoisotopic (exact) mass is 317 g/mol. The predicted molar refractivity (Wildman–Crippen MR) is 89.5 cm³/mol. The van der Waals surface area contributed by atoms with Gasteiger partial charge < -0.3 is 15.2 Å². The molecule has 0 spiro atoms. The van der Waals surface area contributed by atoms with Crippen molar-refractivity contribution in [2.75, 3.05) is 5.32 Å². The number of hydrogen-bond acceptors (Lipinski definition) is 1. The Kier molecular flexibility index (Phi) is 4.12. The van der Waals surface area contributed by atoms with Crippen molar-refractivity contribution >= 4 is 23.3 Å². The number of nitrogens with one attached hydrogen (secondary N) is 2. The lowest BCUT2D eigenvalue weighted by Crippen LogP contribution is -2.28. The highest BCUT2D eigenvalue weighted by atomic mass is 35.5. The van der Waals surface area contributed by atoms with Crippen LogP contribution in [0.25, 0.3) is 0 Å². The third-order valence-electron chi connectivity index (χ3n) is 4.04. The molecule has 1 saturated carbocycles. The SMILES string of the molecule is Cc1cc(CNC(=O)Nc2ccc(Cl)cc2)c(C)n1C1CC1. The molecule has 2 amide bonds. The first-order valence-electron chi connectivity index (χ1n) is 7.52.